The Balaban J connectivity index is 1.41. The summed E-state index contributed by atoms with van der Waals surface area (Å²) in [5.41, 5.74) is 3.10. The van der Waals surface area contributed by atoms with Crippen molar-refractivity contribution in [1.82, 2.24) is 29.4 Å². The Morgan fingerprint density at radius 3 is 2.56 bits per heavy atom. The minimum Gasteiger partial charge on any atom is -0.424 e. The molecule has 0 N–H and O–H groups in total. The van der Waals surface area contributed by atoms with Crippen molar-refractivity contribution in [2.24, 2.45) is 0 Å². The van der Waals surface area contributed by atoms with Crippen LogP contribution in [0.5, 0.6) is 11.8 Å². The molecule has 1 aliphatic rings. The lowest BCUT2D eigenvalue weighted by atomic mass is 10.0. The highest BCUT2D eigenvalue weighted by Gasteiger charge is 2.26. The normalized spacial score (nSPS) is 14.3. The summed E-state index contributed by atoms with van der Waals surface area (Å²) in [6.07, 6.45) is 7.03. The van der Waals surface area contributed by atoms with Crippen LogP contribution < -0.4 is 4.74 Å². The molecule has 1 amide bonds. The van der Waals surface area contributed by atoms with Gasteiger partial charge in [-0.2, -0.15) is 0 Å². The SMILES string of the molecule is CCC(=O)N1CCC(n2c(C)nc3cnc4cc(F)c(-c5ccc(Oc6ncccn6)cc5Cl)cc4c32)CC1. The Morgan fingerprint density at radius 1 is 1.08 bits per heavy atom. The second-order valence-electron chi connectivity index (χ2n) is 9.61. The number of aryl methyl sites for hydroxylation is 1. The van der Waals surface area contributed by atoms with Gasteiger partial charge in [-0.15, -0.1) is 0 Å². The van der Waals surface area contributed by atoms with E-state index in [9.17, 15) is 4.79 Å². The van der Waals surface area contributed by atoms with Crippen LogP contribution in [0.3, 0.4) is 0 Å². The molecule has 8 nitrogen and oxygen atoms in total. The van der Waals surface area contributed by atoms with Crippen LogP contribution in [0, 0.1) is 12.7 Å². The van der Waals surface area contributed by atoms with E-state index in [1.54, 1.807) is 48.9 Å². The minimum absolute atomic E-state index is 0.176. The Labute approximate surface area is 229 Å². The van der Waals surface area contributed by atoms with Gasteiger partial charge in [0.15, 0.2) is 0 Å². The molecular formula is C29H26ClFN6O2. The number of carbonyl (C=O) groups is 1. The summed E-state index contributed by atoms with van der Waals surface area (Å²) in [7, 11) is 0. The molecule has 0 aliphatic carbocycles. The number of pyridine rings is 1. The Kier molecular flexibility index (Phi) is 6.60. The molecule has 6 rings (SSSR count). The number of likely N-dealkylation sites (tertiary alicyclic amines) is 1. The fraction of sp³-hybridized carbons (Fsp3) is 0.276. The first-order valence-electron chi connectivity index (χ1n) is 12.9. The number of rotatable bonds is 5. The molecular weight excluding hydrogens is 519 g/mol. The van der Waals surface area contributed by atoms with Gasteiger partial charge in [-0.25, -0.2) is 19.3 Å². The van der Waals surface area contributed by atoms with E-state index in [4.69, 9.17) is 21.3 Å². The topological polar surface area (TPSA) is 86.0 Å². The monoisotopic (exact) mass is 544 g/mol. The lowest BCUT2D eigenvalue weighted by molar-refractivity contribution is -0.132. The first-order chi connectivity index (χ1) is 18.9. The molecule has 5 aromatic rings. The molecule has 0 spiro atoms. The van der Waals surface area contributed by atoms with Crippen molar-refractivity contribution in [3.63, 3.8) is 0 Å². The van der Waals surface area contributed by atoms with Crippen molar-refractivity contribution < 1.29 is 13.9 Å². The van der Waals surface area contributed by atoms with Crippen molar-refractivity contribution in [1.29, 1.82) is 0 Å². The molecule has 0 bridgehead atoms. The second-order valence-corrected chi connectivity index (χ2v) is 10.0. The Morgan fingerprint density at radius 2 is 1.85 bits per heavy atom. The third kappa shape index (κ3) is 4.67. The third-order valence-electron chi connectivity index (χ3n) is 7.25. The number of halogens is 2. The smallest absolute Gasteiger partial charge is 0.321 e. The van der Waals surface area contributed by atoms with Gasteiger partial charge in [0.2, 0.25) is 5.91 Å². The number of amides is 1. The molecule has 0 radical (unpaired) electrons. The molecule has 10 heteroatoms. The highest BCUT2D eigenvalue weighted by Crippen LogP contribution is 2.38. The van der Waals surface area contributed by atoms with E-state index >= 15 is 4.39 Å². The number of imidazole rings is 1. The van der Waals surface area contributed by atoms with Crippen molar-refractivity contribution >= 4 is 39.4 Å². The van der Waals surface area contributed by atoms with Gasteiger partial charge in [0.25, 0.3) is 0 Å². The van der Waals surface area contributed by atoms with Gasteiger partial charge in [-0.05, 0) is 44.0 Å². The van der Waals surface area contributed by atoms with Crippen molar-refractivity contribution in [3.05, 3.63) is 71.7 Å². The molecule has 0 atom stereocenters. The van der Waals surface area contributed by atoms with E-state index < -0.39 is 5.82 Å². The summed E-state index contributed by atoms with van der Waals surface area (Å²) in [6.45, 7) is 5.28. The van der Waals surface area contributed by atoms with Crippen LogP contribution in [0.1, 0.15) is 38.1 Å². The molecule has 0 unspecified atom stereocenters. The Bertz CT molecular complexity index is 1700. The maximum Gasteiger partial charge on any atom is 0.321 e. The summed E-state index contributed by atoms with van der Waals surface area (Å²) >= 11 is 6.63. The highest BCUT2D eigenvalue weighted by atomic mass is 35.5. The molecule has 1 saturated heterocycles. The van der Waals surface area contributed by atoms with E-state index in [0.717, 1.165) is 35.1 Å². The van der Waals surface area contributed by atoms with Crippen molar-refractivity contribution in [2.75, 3.05) is 13.1 Å². The van der Waals surface area contributed by atoms with Crippen LogP contribution in [-0.2, 0) is 4.79 Å². The van der Waals surface area contributed by atoms with Gasteiger partial charge >= 0.3 is 6.01 Å². The number of aromatic nitrogens is 5. The number of hydrogen-bond acceptors (Lipinski definition) is 6. The van der Waals surface area contributed by atoms with Crippen molar-refractivity contribution in [3.8, 4) is 22.9 Å². The van der Waals surface area contributed by atoms with Gasteiger partial charge < -0.3 is 14.2 Å². The van der Waals surface area contributed by atoms with Crippen LogP contribution in [-0.4, -0.2) is 48.4 Å². The van der Waals surface area contributed by atoms with Gasteiger partial charge in [-0.3, -0.25) is 9.78 Å². The number of nitrogens with zero attached hydrogens (tertiary/aromatic N) is 6. The molecule has 1 aliphatic heterocycles. The van der Waals surface area contributed by atoms with Crippen LogP contribution in [0.25, 0.3) is 33.1 Å². The average molecular weight is 545 g/mol. The summed E-state index contributed by atoms with van der Waals surface area (Å²) in [5, 5.41) is 1.13. The molecule has 3 aromatic heterocycles. The predicted molar refractivity (Wildman–Crippen MR) is 147 cm³/mol. The number of carbonyl (C=O) groups excluding carboxylic acids is 1. The first kappa shape index (κ1) is 25.2. The maximum absolute atomic E-state index is 15.4. The zero-order chi connectivity index (χ0) is 27.1. The van der Waals surface area contributed by atoms with E-state index in [-0.39, 0.29) is 18.0 Å². The summed E-state index contributed by atoms with van der Waals surface area (Å²) in [5.74, 6) is 1.07. The van der Waals surface area contributed by atoms with Gasteiger partial charge in [-0.1, -0.05) is 18.5 Å². The molecule has 39 heavy (non-hydrogen) atoms. The molecule has 0 saturated carbocycles. The lowest BCUT2D eigenvalue weighted by Crippen LogP contribution is -2.38. The summed E-state index contributed by atoms with van der Waals surface area (Å²) in [6, 6.07) is 10.4. The maximum atomic E-state index is 15.4. The molecule has 1 fully saturated rings. The van der Waals surface area contributed by atoms with E-state index in [1.807, 2.05) is 18.7 Å². The average Bonchev–Trinajstić information content (AvgIpc) is 3.29. The van der Waals surface area contributed by atoms with E-state index in [1.165, 1.54) is 6.07 Å². The van der Waals surface area contributed by atoms with Gasteiger partial charge in [0.05, 0.1) is 22.3 Å². The third-order valence-corrected chi connectivity index (χ3v) is 7.56. The van der Waals surface area contributed by atoms with Gasteiger partial charge in [0, 0.05) is 66.6 Å². The fourth-order valence-electron chi connectivity index (χ4n) is 5.39. The quantitative estimate of drug-likeness (QED) is 0.251. The zero-order valence-corrected chi connectivity index (χ0v) is 22.3. The number of piperidine rings is 1. The second kappa shape index (κ2) is 10.2. The van der Waals surface area contributed by atoms with Crippen LogP contribution in [0.15, 0.2) is 55.0 Å². The minimum atomic E-state index is -0.425. The van der Waals surface area contributed by atoms with E-state index in [2.05, 4.69) is 19.5 Å². The summed E-state index contributed by atoms with van der Waals surface area (Å²) < 4.78 is 23.3. The Hall–Kier alpha value is -4.11. The van der Waals surface area contributed by atoms with Crippen LogP contribution in [0.4, 0.5) is 4.39 Å². The largest absolute Gasteiger partial charge is 0.424 e. The standard InChI is InChI=1S/C29H26ClFN6O2/c1-3-27(38)36-11-7-18(8-12-36)37-17(2)35-26-16-34-25-15-24(31)21(14-22(25)28(26)37)20-6-5-19(13-23(20)30)39-29-32-9-4-10-33-29/h4-6,9-10,13-16,18H,3,7-8,11-12H2,1-2H3. The predicted octanol–water partition coefficient (Wildman–Crippen LogP) is 6.51. The van der Waals surface area contributed by atoms with E-state index in [0.29, 0.717) is 46.9 Å². The highest BCUT2D eigenvalue weighted by molar-refractivity contribution is 6.33. The molecule has 4 heterocycles. The molecule has 2 aromatic carbocycles. The summed E-state index contributed by atoms with van der Waals surface area (Å²) in [4.78, 5) is 31.5. The first-order valence-corrected chi connectivity index (χ1v) is 13.3. The lowest BCUT2D eigenvalue weighted by Gasteiger charge is -2.33. The van der Waals surface area contributed by atoms with Crippen LogP contribution >= 0.6 is 11.6 Å². The van der Waals surface area contributed by atoms with Gasteiger partial charge in [0.1, 0.15) is 22.9 Å². The zero-order valence-electron chi connectivity index (χ0n) is 21.6. The molecule has 198 valence electrons. The number of fused-ring (bicyclic) bond motifs is 3. The van der Waals surface area contributed by atoms with Crippen molar-refractivity contribution in [2.45, 2.75) is 39.2 Å². The van der Waals surface area contributed by atoms with Crippen LogP contribution in [0.2, 0.25) is 5.02 Å². The number of hydrogen-bond donors (Lipinski definition) is 0. The fourth-order valence-corrected chi connectivity index (χ4v) is 5.66. The number of benzene rings is 2. The number of ether oxygens (including phenoxy) is 1.